The van der Waals surface area contributed by atoms with Gasteiger partial charge in [0.15, 0.2) is 0 Å². The van der Waals surface area contributed by atoms with Crippen molar-refractivity contribution < 1.29 is 4.79 Å². The van der Waals surface area contributed by atoms with Gasteiger partial charge in [-0.25, -0.2) is 0 Å². The van der Waals surface area contributed by atoms with Crippen molar-refractivity contribution in [3.63, 3.8) is 0 Å². The Balaban J connectivity index is 0.00000264. The summed E-state index contributed by atoms with van der Waals surface area (Å²) in [6, 6.07) is 8.38. The highest BCUT2D eigenvalue weighted by Gasteiger charge is 2.26. The molecule has 0 saturated carbocycles. The minimum Gasteiger partial charge on any atom is -0.355 e. The zero-order chi connectivity index (χ0) is 16.2. The first-order valence-corrected chi connectivity index (χ1v) is 8.49. The molecule has 1 amide bonds. The number of amides is 1. The number of carbonyl (C=O) groups excluding carboxylic acids is 1. The van der Waals surface area contributed by atoms with Gasteiger partial charge in [0.1, 0.15) is 0 Å². The lowest BCUT2D eigenvalue weighted by molar-refractivity contribution is -0.126. The topological polar surface area (TPSA) is 41.1 Å². The lowest BCUT2D eigenvalue weighted by Crippen LogP contribution is -2.44. The number of piperidine rings is 1. The second-order valence-corrected chi connectivity index (χ2v) is 7.70. The molecule has 1 saturated heterocycles. The van der Waals surface area contributed by atoms with Crippen molar-refractivity contribution >= 4 is 29.9 Å². The smallest absolute Gasteiger partial charge is 0.223 e. The summed E-state index contributed by atoms with van der Waals surface area (Å²) < 4.78 is 0. The highest BCUT2D eigenvalue weighted by atomic mass is 35.5. The Morgan fingerprint density at radius 2 is 2.17 bits per heavy atom. The third kappa shape index (κ3) is 6.70. The molecule has 0 aliphatic carbocycles. The van der Waals surface area contributed by atoms with E-state index in [9.17, 15) is 4.79 Å². The highest BCUT2D eigenvalue weighted by molar-refractivity contribution is 6.30. The lowest BCUT2D eigenvalue weighted by atomic mass is 9.85. The van der Waals surface area contributed by atoms with E-state index in [4.69, 9.17) is 11.6 Å². The number of halogens is 2. The van der Waals surface area contributed by atoms with Gasteiger partial charge in [-0.1, -0.05) is 37.6 Å². The zero-order valence-electron chi connectivity index (χ0n) is 14.2. The van der Waals surface area contributed by atoms with Gasteiger partial charge in [-0.2, -0.15) is 0 Å². The molecule has 23 heavy (non-hydrogen) atoms. The van der Waals surface area contributed by atoms with Gasteiger partial charge in [0.25, 0.3) is 0 Å². The molecule has 130 valence electrons. The Labute approximate surface area is 151 Å². The lowest BCUT2D eigenvalue weighted by Gasteiger charge is -2.30. The van der Waals surface area contributed by atoms with Crippen LogP contribution in [0.5, 0.6) is 0 Å². The molecule has 0 radical (unpaired) electrons. The van der Waals surface area contributed by atoms with Crippen LogP contribution in [-0.4, -0.2) is 25.0 Å². The monoisotopic (exact) mass is 358 g/mol. The van der Waals surface area contributed by atoms with Crippen molar-refractivity contribution in [1.29, 1.82) is 0 Å². The first kappa shape index (κ1) is 20.3. The van der Waals surface area contributed by atoms with Crippen LogP contribution in [0, 0.1) is 11.3 Å². The second-order valence-electron chi connectivity index (χ2n) is 7.27. The number of nitrogens with one attached hydrogen (secondary N) is 2. The predicted molar refractivity (Wildman–Crippen MR) is 99.4 cm³/mol. The molecule has 1 fully saturated rings. The van der Waals surface area contributed by atoms with E-state index >= 15 is 0 Å². The average Bonchev–Trinajstić information content (AvgIpc) is 2.44. The molecule has 0 unspecified atom stereocenters. The molecule has 0 aromatic heterocycles. The van der Waals surface area contributed by atoms with Crippen LogP contribution < -0.4 is 10.6 Å². The molecule has 1 aromatic carbocycles. The molecule has 2 rings (SSSR count). The third-order valence-electron chi connectivity index (χ3n) is 4.31. The van der Waals surface area contributed by atoms with E-state index in [-0.39, 0.29) is 29.6 Å². The van der Waals surface area contributed by atoms with E-state index in [1.807, 2.05) is 18.2 Å². The van der Waals surface area contributed by atoms with Gasteiger partial charge < -0.3 is 10.6 Å². The first-order chi connectivity index (χ1) is 10.4. The molecule has 1 aromatic rings. The van der Waals surface area contributed by atoms with Crippen molar-refractivity contribution in [1.82, 2.24) is 10.6 Å². The van der Waals surface area contributed by atoms with Crippen molar-refractivity contribution in [2.75, 3.05) is 13.1 Å². The Morgan fingerprint density at radius 3 is 2.83 bits per heavy atom. The largest absolute Gasteiger partial charge is 0.355 e. The molecule has 1 heterocycles. The van der Waals surface area contributed by atoms with Crippen LogP contribution in [-0.2, 0) is 11.2 Å². The fourth-order valence-electron chi connectivity index (χ4n) is 3.10. The maximum Gasteiger partial charge on any atom is 0.223 e. The maximum absolute atomic E-state index is 12.3. The molecule has 2 atom stereocenters. The van der Waals surface area contributed by atoms with Crippen molar-refractivity contribution in [3.05, 3.63) is 34.9 Å². The van der Waals surface area contributed by atoms with Crippen LogP contribution in [0.3, 0.4) is 0 Å². The van der Waals surface area contributed by atoms with Gasteiger partial charge in [0.2, 0.25) is 5.91 Å². The molecule has 1 aliphatic rings. The van der Waals surface area contributed by atoms with Gasteiger partial charge in [-0.3, -0.25) is 4.79 Å². The normalized spacial score (nSPS) is 21.4. The van der Waals surface area contributed by atoms with E-state index in [1.54, 1.807) is 0 Å². The van der Waals surface area contributed by atoms with Crippen LogP contribution in [0.1, 0.15) is 39.2 Å². The first-order valence-electron chi connectivity index (χ1n) is 8.11. The van der Waals surface area contributed by atoms with E-state index < -0.39 is 0 Å². The molecule has 0 spiro atoms. The Morgan fingerprint density at radius 1 is 1.43 bits per heavy atom. The number of benzene rings is 1. The van der Waals surface area contributed by atoms with Crippen molar-refractivity contribution in [2.24, 2.45) is 11.3 Å². The van der Waals surface area contributed by atoms with E-state index in [0.717, 1.165) is 30.8 Å². The van der Waals surface area contributed by atoms with Crippen LogP contribution in [0.4, 0.5) is 0 Å². The standard InChI is InChI=1S/C18H27ClN2O.ClH/c1-13-9-15(7-8-20-13)17(22)21-12-18(2,3)11-14-5-4-6-16(19)10-14;/h4-6,10,13,15,20H,7-9,11-12H2,1-3H3,(H,21,22);1H/t13-,15-;/m0./s1. The molecular formula is C18H28Cl2N2O. The zero-order valence-corrected chi connectivity index (χ0v) is 15.8. The number of hydrogen-bond acceptors (Lipinski definition) is 2. The van der Waals surface area contributed by atoms with Gasteiger partial charge in [-0.05, 0) is 55.8 Å². The molecular weight excluding hydrogens is 331 g/mol. The van der Waals surface area contributed by atoms with E-state index in [2.05, 4.69) is 37.5 Å². The summed E-state index contributed by atoms with van der Waals surface area (Å²) in [7, 11) is 0. The molecule has 1 aliphatic heterocycles. The Kier molecular flexibility index (Phi) is 7.85. The quantitative estimate of drug-likeness (QED) is 0.839. The minimum absolute atomic E-state index is 0. The number of hydrogen-bond donors (Lipinski definition) is 2. The van der Waals surface area contributed by atoms with Crippen molar-refractivity contribution in [3.8, 4) is 0 Å². The predicted octanol–water partition coefficient (Wildman–Crippen LogP) is 3.83. The van der Waals surface area contributed by atoms with Crippen molar-refractivity contribution in [2.45, 2.75) is 46.1 Å². The third-order valence-corrected chi connectivity index (χ3v) is 4.54. The number of carbonyl (C=O) groups is 1. The van der Waals surface area contributed by atoms with Crippen LogP contribution >= 0.6 is 24.0 Å². The van der Waals surface area contributed by atoms with Gasteiger partial charge in [0.05, 0.1) is 0 Å². The average molecular weight is 359 g/mol. The van der Waals surface area contributed by atoms with Gasteiger partial charge in [-0.15, -0.1) is 12.4 Å². The second kappa shape index (κ2) is 8.91. The Hall–Kier alpha value is -0.770. The summed E-state index contributed by atoms with van der Waals surface area (Å²) in [5.41, 5.74) is 1.22. The summed E-state index contributed by atoms with van der Waals surface area (Å²) in [5, 5.41) is 7.30. The fourth-order valence-corrected chi connectivity index (χ4v) is 3.32. The summed E-state index contributed by atoms with van der Waals surface area (Å²) in [6.07, 6.45) is 2.77. The van der Waals surface area contributed by atoms with E-state index in [0.29, 0.717) is 12.6 Å². The molecule has 5 heteroatoms. The van der Waals surface area contributed by atoms with Gasteiger partial charge >= 0.3 is 0 Å². The minimum atomic E-state index is 0. The number of rotatable bonds is 5. The van der Waals surface area contributed by atoms with Gasteiger partial charge in [0, 0.05) is 23.5 Å². The SMILES string of the molecule is C[C@H]1C[C@@H](C(=O)NCC(C)(C)Cc2cccc(Cl)c2)CCN1.Cl. The summed E-state index contributed by atoms with van der Waals surface area (Å²) in [5.74, 6) is 0.353. The summed E-state index contributed by atoms with van der Waals surface area (Å²) >= 11 is 6.04. The Bertz CT molecular complexity index is 519. The summed E-state index contributed by atoms with van der Waals surface area (Å²) in [4.78, 5) is 12.3. The van der Waals surface area contributed by atoms with E-state index in [1.165, 1.54) is 5.56 Å². The van der Waals surface area contributed by atoms with Crippen LogP contribution in [0.2, 0.25) is 5.02 Å². The summed E-state index contributed by atoms with van der Waals surface area (Å²) in [6.45, 7) is 8.13. The molecule has 0 bridgehead atoms. The molecule has 3 nitrogen and oxygen atoms in total. The maximum atomic E-state index is 12.3. The fraction of sp³-hybridized carbons (Fsp3) is 0.611. The van der Waals surface area contributed by atoms with Crippen LogP contribution in [0.25, 0.3) is 0 Å². The van der Waals surface area contributed by atoms with Crippen LogP contribution in [0.15, 0.2) is 24.3 Å². The molecule has 2 N–H and O–H groups in total. The highest BCUT2D eigenvalue weighted by Crippen LogP contribution is 2.23.